The zero-order chi connectivity index (χ0) is 13.5. The molecule has 1 aromatic carbocycles. The summed E-state index contributed by atoms with van der Waals surface area (Å²) >= 11 is 0. The van der Waals surface area contributed by atoms with E-state index in [1.54, 1.807) is 0 Å². The molecule has 0 saturated heterocycles. The van der Waals surface area contributed by atoms with Gasteiger partial charge in [-0.3, -0.25) is 0 Å². The number of hydrogen-bond acceptors (Lipinski definition) is 4. The Morgan fingerprint density at radius 2 is 1.88 bits per heavy atom. The van der Waals surface area contributed by atoms with Crippen LogP contribution in [-0.4, -0.2) is 26.5 Å². The van der Waals surface area contributed by atoms with Crippen molar-refractivity contribution in [2.75, 3.05) is 25.9 Å². The number of nitrogens with two attached hydrogens (primary N) is 1. The lowest BCUT2D eigenvalue weighted by Crippen LogP contribution is -2.16. The van der Waals surface area contributed by atoms with Crippen molar-refractivity contribution < 1.29 is 9.53 Å². The molecule has 17 heavy (non-hydrogen) atoms. The molecule has 0 heterocycles. The van der Waals surface area contributed by atoms with E-state index in [0.29, 0.717) is 12.3 Å². The number of rotatable bonds is 4. The lowest BCUT2D eigenvalue weighted by Gasteiger charge is -2.07. The number of nitrogen functional groups attached to an aromatic ring is 1. The fourth-order valence-corrected chi connectivity index (χ4v) is 0.875. The molecule has 1 rings (SSSR count). The number of para-hydroxylation sites is 2. The van der Waals surface area contributed by atoms with E-state index in [1.165, 1.54) is 6.92 Å². The molecule has 0 unspecified atom stereocenters. The number of likely N-dealkylation sites (N-methyl/N-ethyl adjacent to an activating group) is 1. The topological polar surface area (TPSA) is 64.3 Å². The summed E-state index contributed by atoms with van der Waals surface area (Å²) < 4.78 is 5.39. The van der Waals surface area contributed by atoms with Crippen LogP contribution >= 0.6 is 0 Å². The number of benzene rings is 1. The van der Waals surface area contributed by atoms with E-state index in [2.05, 4.69) is 5.32 Å². The van der Waals surface area contributed by atoms with Crippen LogP contribution in [0.3, 0.4) is 0 Å². The van der Waals surface area contributed by atoms with Crippen LogP contribution in [0.2, 0.25) is 0 Å². The first-order valence-electron chi connectivity index (χ1n) is 5.78. The quantitative estimate of drug-likeness (QED) is 0.480. The second-order valence-corrected chi connectivity index (χ2v) is 2.73. The molecule has 1 aromatic rings. The normalized spacial score (nSPS) is 8.00. The van der Waals surface area contributed by atoms with Gasteiger partial charge in [0.1, 0.15) is 18.6 Å². The predicted octanol–water partition coefficient (Wildman–Crippen LogP) is 2.10. The van der Waals surface area contributed by atoms with Gasteiger partial charge in [-0.25, -0.2) is 0 Å². The van der Waals surface area contributed by atoms with Crippen molar-refractivity contribution in [2.45, 2.75) is 20.8 Å². The van der Waals surface area contributed by atoms with E-state index in [1.807, 2.05) is 45.2 Å². The lowest BCUT2D eigenvalue weighted by molar-refractivity contribution is -0.106. The van der Waals surface area contributed by atoms with E-state index in [0.717, 1.165) is 18.6 Å². The molecule has 0 atom stereocenters. The molecule has 0 aromatic heterocycles. The zero-order valence-corrected chi connectivity index (χ0v) is 11.2. The van der Waals surface area contributed by atoms with Crippen LogP contribution < -0.4 is 15.8 Å². The Labute approximate surface area is 104 Å². The van der Waals surface area contributed by atoms with E-state index in [4.69, 9.17) is 15.3 Å². The maximum Gasteiger partial charge on any atom is 0.142 e. The van der Waals surface area contributed by atoms with Crippen LogP contribution in [0.15, 0.2) is 24.3 Å². The molecule has 0 amide bonds. The first kappa shape index (κ1) is 17.8. The van der Waals surface area contributed by atoms with Crippen molar-refractivity contribution in [1.29, 1.82) is 0 Å². The van der Waals surface area contributed by atoms with Gasteiger partial charge in [-0.2, -0.15) is 0 Å². The van der Waals surface area contributed by atoms with Crippen LogP contribution in [0.25, 0.3) is 0 Å². The van der Waals surface area contributed by atoms with Gasteiger partial charge in [-0.15, -0.1) is 0 Å². The third-order valence-electron chi connectivity index (χ3n) is 1.53. The summed E-state index contributed by atoms with van der Waals surface area (Å²) in [6.07, 6.45) is 0.750. The van der Waals surface area contributed by atoms with Crippen molar-refractivity contribution in [3.8, 4) is 5.75 Å². The van der Waals surface area contributed by atoms with Crippen LogP contribution in [0.5, 0.6) is 5.75 Å². The van der Waals surface area contributed by atoms with Gasteiger partial charge in [-0.05, 0) is 26.1 Å². The third-order valence-corrected chi connectivity index (χ3v) is 1.53. The Balaban J connectivity index is 0. The van der Waals surface area contributed by atoms with Gasteiger partial charge in [0.2, 0.25) is 0 Å². The van der Waals surface area contributed by atoms with E-state index >= 15 is 0 Å². The number of nitrogens with one attached hydrogen (secondary N) is 1. The highest BCUT2D eigenvalue weighted by atomic mass is 16.5. The standard InChI is InChI=1S/C9H14N2O.C2H4O.C2H6/c1-11-6-7-12-9-5-3-2-4-8(9)10;1-2-3;1-2/h2-5,11H,6-7,10H2,1H3;2H,1H3;1-2H3. The number of hydrogen-bond donors (Lipinski definition) is 2. The molecule has 98 valence electrons. The fraction of sp³-hybridized carbons (Fsp3) is 0.462. The van der Waals surface area contributed by atoms with Crippen LogP contribution in [0.1, 0.15) is 20.8 Å². The molecule has 0 radical (unpaired) electrons. The van der Waals surface area contributed by atoms with E-state index in [9.17, 15) is 0 Å². The van der Waals surface area contributed by atoms with Crippen molar-refractivity contribution in [1.82, 2.24) is 5.32 Å². The van der Waals surface area contributed by atoms with E-state index < -0.39 is 0 Å². The largest absolute Gasteiger partial charge is 0.490 e. The summed E-state index contributed by atoms with van der Waals surface area (Å²) in [7, 11) is 1.89. The molecule has 3 N–H and O–H groups in total. The first-order chi connectivity index (χ1) is 8.26. The van der Waals surface area contributed by atoms with Crippen molar-refractivity contribution in [3.63, 3.8) is 0 Å². The molecule has 0 spiro atoms. The van der Waals surface area contributed by atoms with Gasteiger partial charge in [0.05, 0.1) is 5.69 Å². The SMILES string of the molecule is CC.CC=O.CNCCOc1ccccc1N. The van der Waals surface area contributed by atoms with Gasteiger partial charge in [0, 0.05) is 6.54 Å². The van der Waals surface area contributed by atoms with Gasteiger partial charge in [0.25, 0.3) is 0 Å². The molecule has 4 heteroatoms. The van der Waals surface area contributed by atoms with Gasteiger partial charge in [0.15, 0.2) is 0 Å². The third kappa shape index (κ3) is 10.7. The highest BCUT2D eigenvalue weighted by molar-refractivity contribution is 5.51. The lowest BCUT2D eigenvalue weighted by atomic mass is 10.3. The van der Waals surface area contributed by atoms with Crippen LogP contribution in [-0.2, 0) is 4.79 Å². The smallest absolute Gasteiger partial charge is 0.142 e. The van der Waals surface area contributed by atoms with Crippen molar-refractivity contribution >= 4 is 12.0 Å². The summed E-state index contributed by atoms with van der Waals surface area (Å²) in [6, 6.07) is 7.49. The summed E-state index contributed by atoms with van der Waals surface area (Å²) in [5, 5.41) is 2.99. The van der Waals surface area contributed by atoms with Crippen molar-refractivity contribution in [2.24, 2.45) is 0 Å². The van der Waals surface area contributed by atoms with Crippen molar-refractivity contribution in [3.05, 3.63) is 24.3 Å². The second-order valence-electron chi connectivity index (χ2n) is 2.73. The zero-order valence-electron chi connectivity index (χ0n) is 11.2. The Hall–Kier alpha value is -1.55. The summed E-state index contributed by atoms with van der Waals surface area (Å²) in [5.74, 6) is 0.757. The Morgan fingerprint density at radius 3 is 2.35 bits per heavy atom. The molecule has 0 fully saturated rings. The summed E-state index contributed by atoms with van der Waals surface area (Å²) in [4.78, 5) is 8.81. The summed E-state index contributed by atoms with van der Waals surface area (Å²) in [6.45, 7) is 6.92. The molecule has 0 bridgehead atoms. The minimum atomic E-state index is 0.644. The molecule has 0 saturated carbocycles. The highest BCUT2D eigenvalue weighted by Gasteiger charge is 1.95. The number of ether oxygens (including phenoxy) is 1. The fourth-order valence-electron chi connectivity index (χ4n) is 0.875. The molecule has 0 aliphatic heterocycles. The average molecular weight is 240 g/mol. The Morgan fingerprint density at radius 1 is 1.35 bits per heavy atom. The molecular formula is C13H24N2O2. The predicted molar refractivity (Wildman–Crippen MR) is 73.4 cm³/mol. The summed E-state index contributed by atoms with van der Waals surface area (Å²) in [5.41, 5.74) is 6.35. The van der Waals surface area contributed by atoms with Gasteiger partial charge >= 0.3 is 0 Å². The Kier molecular flexibility index (Phi) is 15.2. The van der Waals surface area contributed by atoms with Crippen LogP contribution in [0, 0.1) is 0 Å². The van der Waals surface area contributed by atoms with Crippen LogP contribution in [0.4, 0.5) is 5.69 Å². The molecule has 0 aliphatic rings. The monoisotopic (exact) mass is 240 g/mol. The van der Waals surface area contributed by atoms with Gasteiger partial charge in [-0.1, -0.05) is 26.0 Å². The maximum atomic E-state index is 8.81. The first-order valence-corrected chi connectivity index (χ1v) is 5.78. The highest BCUT2D eigenvalue weighted by Crippen LogP contribution is 2.18. The number of anilines is 1. The minimum absolute atomic E-state index is 0.644. The average Bonchev–Trinajstić information content (AvgIpc) is 2.35. The Bertz CT molecular complexity index is 278. The minimum Gasteiger partial charge on any atom is -0.490 e. The number of carbonyl (C=O) groups is 1. The maximum absolute atomic E-state index is 8.81. The number of aldehydes is 1. The second kappa shape index (κ2) is 14.5. The molecule has 4 nitrogen and oxygen atoms in total. The molecule has 0 aliphatic carbocycles. The number of carbonyl (C=O) groups excluding carboxylic acids is 1. The van der Waals surface area contributed by atoms with Gasteiger partial charge < -0.3 is 20.6 Å². The van der Waals surface area contributed by atoms with E-state index in [-0.39, 0.29) is 0 Å². The molecular weight excluding hydrogens is 216 g/mol.